The summed E-state index contributed by atoms with van der Waals surface area (Å²) >= 11 is 0. The van der Waals surface area contributed by atoms with E-state index in [1.54, 1.807) is 12.1 Å². The van der Waals surface area contributed by atoms with E-state index in [0.29, 0.717) is 11.6 Å². The molecule has 5 heteroatoms. The van der Waals surface area contributed by atoms with Crippen LogP contribution in [-0.2, 0) is 16.4 Å². The van der Waals surface area contributed by atoms with Crippen LogP contribution in [0.3, 0.4) is 0 Å². The van der Waals surface area contributed by atoms with E-state index in [0.717, 1.165) is 18.4 Å². The van der Waals surface area contributed by atoms with E-state index in [2.05, 4.69) is 4.72 Å². The first-order chi connectivity index (χ1) is 7.94. The quantitative estimate of drug-likeness (QED) is 0.800. The third-order valence-corrected chi connectivity index (χ3v) is 4.71. The molecule has 0 heterocycles. The second kappa shape index (κ2) is 4.31. The Morgan fingerprint density at radius 3 is 2.59 bits per heavy atom. The van der Waals surface area contributed by atoms with Crippen LogP contribution in [0.1, 0.15) is 25.8 Å². The molecule has 0 amide bonds. The molecule has 2 rings (SSSR count). The van der Waals surface area contributed by atoms with Gasteiger partial charge in [0.2, 0.25) is 10.0 Å². The fourth-order valence-corrected chi connectivity index (χ4v) is 3.21. The first-order valence-electron chi connectivity index (χ1n) is 5.84. The average molecular weight is 254 g/mol. The molecule has 2 atom stereocenters. The minimum Gasteiger partial charge on any atom is -0.398 e. The van der Waals surface area contributed by atoms with Crippen molar-refractivity contribution in [3.63, 3.8) is 0 Å². The summed E-state index contributed by atoms with van der Waals surface area (Å²) in [5, 5.41) is 0. The SMILES string of the molecule is CCc1ccc(S(=O)(=O)NC2CC2C)cc1N. The molecular weight excluding hydrogens is 236 g/mol. The highest BCUT2D eigenvalue weighted by Crippen LogP contribution is 2.31. The number of nitrogens with one attached hydrogen (secondary N) is 1. The zero-order valence-electron chi connectivity index (χ0n) is 10.1. The maximum Gasteiger partial charge on any atom is 0.240 e. The number of sulfonamides is 1. The van der Waals surface area contributed by atoms with Crippen molar-refractivity contribution in [1.82, 2.24) is 4.72 Å². The molecule has 4 nitrogen and oxygen atoms in total. The Morgan fingerprint density at radius 1 is 1.47 bits per heavy atom. The number of hydrogen-bond acceptors (Lipinski definition) is 3. The first-order valence-corrected chi connectivity index (χ1v) is 7.33. The number of benzene rings is 1. The number of nitrogen functional groups attached to an aromatic ring is 1. The molecule has 0 aliphatic heterocycles. The zero-order chi connectivity index (χ0) is 12.6. The Bertz CT molecular complexity index is 525. The summed E-state index contributed by atoms with van der Waals surface area (Å²) in [5.41, 5.74) is 7.33. The lowest BCUT2D eigenvalue weighted by molar-refractivity contribution is 0.578. The summed E-state index contributed by atoms with van der Waals surface area (Å²) in [4.78, 5) is 0.256. The van der Waals surface area contributed by atoms with E-state index in [-0.39, 0.29) is 10.9 Å². The van der Waals surface area contributed by atoms with Gasteiger partial charge in [-0.1, -0.05) is 19.9 Å². The third kappa shape index (κ3) is 2.61. The molecule has 0 saturated heterocycles. The van der Waals surface area contributed by atoms with Gasteiger partial charge in [-0.25, -0.2) is 13.1 Å². The van der Waals surface area contributed by atoms with E-state index in [9.17, 15) is 8.42 Å². The van der Waals surface area contributed by atoms with Gasteiger partial charge in [0.05, 0.1) is 4.90 Å². The van der Waals surface area contributed by atoms with Crippen LogP contribution in [0.25, 0.3) is 0 Å². The lowest BCUT2D eigenvalue weighted by Crippen LogP contribution is -2.26. The molecule has 17 heavy (non-hydrogen) atoms. The first kappa shape index (κ1) is 12.4. The van der Waals surface area contributed by atoms with Crippen molar-refractivity contribution in [3.05, 3.63) is 23.8 Å². The van der Waals surface area contributed by atoms with Gasteiger partial charge in [-0.3, -0.25) is 0 Å². The maximum absolute atomic E-state index is 12.0. The Labute approximate surface area is 102 Å². The highest BCUT2D eigenvalue weighted by atomic mass is 32.2. The van der Waals surface area contributed by atoms with Gasteiger partial charge >= 0.3 is 0 Å². The topological polar surface area (TPSA) is 72.2 Å². The van der Waals surface area contributed by atoms with Crippen molar-refractivity contribution in [3.8, 4) is 0 Å². The van der Waals surface area contributed by atoms with Crippen LogP contribution in [0.2, 0.25) is 0 Å². The van der Waals surface area contributed by atoms with Crippen molar-refractivity contribution in [2.24, 2.45) is 5.92 Å². The molecule has 1 aromatic rings. The van der Waals surface area contributed by atoms with Crippen LogP contribution < -0.4 is 10.5 Å². The number of anilines is 1. The molecule has 0 aromatic heterocycles. The minimum absolute atomic E-state index is 0.0899. The lowest BCUT2D eigenvalue weighted by Gasteiger charge is -2.08. The highest BCUT2D eigenvalue weighted by Gasteiger charge is 2.36. The predicted octanol–water partition coefficient (Wildman–Crippen LogP) is 1.52. The fraction of sp³-hybridized carbons (Fsp3) is 0.500. The molecule has 2 unspecified atom stereocenters. The van der Waals surface area contributed by atoms with Crippen molar-refractivity contribution in [1.29, 1.82) is 0 Å². The summed E-state index contributed by atoms with van der Waals surface area (Å²) in [7, 11) is -3.41. The molecule has 94 valence electrons. The largest absolute Gasteiger partial charge is 0.398 e. The molecule has 1 aliphatic rings. The van der Waals surface area contributed by atoms with Crippen LogP contribution in [0.5, 0.6) is 0 Å². The summed E-state index contributed by atoms with van der Waals surface area (Å²) in [6.45, 7) is 4.02. The zero-order valence-corrected chi connectivity index (χ0v) is 10.9. The van der Waals surface area contributed by atoms with Crippen molar-refractivity contribution < 1.29 is 8.42 Å². The minimum atomic E-state index is -3.41. The predicted molar refractivity (Wildman–Crippen MR) is 68.1 cm³/mol. The maximum atomic E-state index is 12.0. The fourth-order valence-electron chi connectivity index (χ4n) is 1.82. The molecule has 0 bridgehead atoms. The summed E-state index contributed by atoms with van der Waals surface area (Å²) in [6.07, 6.45) is 1.72. The van der Waals surface area contributed by atoms with Crippen LogP contribution in [0.15, 0.2) is 23.1 Å². The highest BCUT2D eigenvalue weighted by molar-refractivity contribution is 7.89. The summed E-state index contributed by atoms with van der Waals surface area (Å²) in [5.74, 6) is 0.442. The van der Waals surface area contributed by atoms with Gasteiger partial charge in [-0.15, -0.1) is 0 Å². The standard InChI is InChI=1S/C12H18N2O2S/c1-3-9-4-5-10(7-11(9)13)17(15,16)14-12-6-8(12)2/h4-5,7-8,12,14H,3,6,13H2,1-2H3. The molecule has 1 aliphatic carbocycles. The van der Waals surface area contributed by atoms with Gasteiger partial charge in [0.1, 0.15) is 0 Å². The van der Waals surface area contributed by atoms with E-state index < -0.39 is 10.0 Å². The molecule has 1 fully saturated rings. The van der Waals surface area contributed by atoms with Crippen LogP contribution in [-0.4, -0.2) is 14.5 Å². The van der Waals surface area contributed by atoms with E-state index in [1.807, 2.05) is 13.8 Å². The van der Waals surface area contributed by atoms with E-state index >= 15 is 0 Å². The molecule has 3 N–H and O–H groups in total. The monoisotopic (exact) mass is 254 g/mol. The summed E-state index contributed by atoms with van der Waals surface area (Å²) < 4.78 is 26.7. The van der Waals surface area contributed by atoms with E-state index in [1.165, 1.54) is 6.07 Å². The van der Waals surface area contributed by atoms with E-state index in [4.69, 9.17) is 5.73 Å². The Hall–Kier alpha value is -1.07. The van der Waals surface area contributed by atoms with Gasteiger partial charge in [0, 0.05) is 11.7 Å². The molecule has 1 aromatic carbocycles. The number of aryl methyl sites for hydroxylation is 1. The lowest BCUT2D eigenvalue weighted by atomic mass is 10.1. The third-order valence-electron chi connectivity index (χ3n) is 3.22. The van der Waals surface area contributed by atoms with Crippen LogP contribution >= 0.6 is 0 Å². The smallest absolute Gasteiger partial charge is 0.240 e. The van der Waals surface area contributed by atoms with Gasteiger partial charge in [0.25, 0.3) is 0 Å². The summed E-state index contributed by atoms with van der Waals surface area (Å²) in [6, 6.07) is 5.02. The van der Waals surface area contributed by atoms with Crippen molar-refractivity contribution in [2.45, 2.75) is 37.6 Å². The Balaban J connectivity index is 2.24. The Kier molecular flexibility index (Phi) is 3.14. The number of nitrogens with two attached hydrogens (primary N) is 1. The molecular formula is C12H18N2O2S. The van der Waals surface area contributed by atoms with Crippen molar-refractivity contribution >= 4 is 15.7 Å². The molecule has 1 saturated carbocycles. The van der Waals surface area contributed by atoms with Crippen LogP contribution in [0, 0.1) is 5.92 Å². The molecule has 0 radical (unpaired) electrons. The van der Waals surface area contributed by atoms with Gasteiger partial charge in [-0.05, 0) is 36.5 Å². The number of rotatable bonds is 4. The van der Waals surface area contributed by atoms with Crippen molar-refractivity contribution in [2.75, 3.05) is 5.73 Å². The Morgan fingerprint density at radius 2 is 2.12 bits per heavy atom. The molecule has 0 spiro atoms. The average Bonchev–Trinajstić information content (AvgIpc) is 2.93. The van der Waals surface area contributed by atoms with Gasteiger partial charge in [0.15, 0.2) is 0 Å². The number of hydrogen-bond donors (Lipinski definition) is 2. The second-order valence-corrected chi connectivity index (χ2v) is 6.37. The van der Waals surface area contributed by atoms with Gasteiger partial charge in [-0.2, -0.15) is 0 Å². The van der Waals surface area contributed by atoms with Gasteiger partial charge < -0.3 is 5.73 Å². The normalized spacial score (nSPS) is 23.6. The van der Waals surface area contributed by atoms with Crippen LogP contribution in [0.4, 0.5) is 5.69 Å². The second-order valence-electron chi connectivity index (χ2n) is 4.65.